The minimum atomic E-state index is -0.0333. The number of nitrogens with zero attached hydrogens (tertiary/aromatic N) is 3. The zero-order valence-electron chi connectivity index (χ0n) is 12.7. The number of para-hydroxylation sites is 1. The number of aromatic nitrogens is 2. The smallest absolute Gasteiger partial charge is 0.243 e. The standard InChI is InChI=1S/C17H16N4OS/c1-11-9-12-5-2-3-8-15(12)21(11)10-16(22)18-13-6-4-7-14-17(13)20-23-19-14/h2-8,11H,9-10H2,1H3,(H,18,22). The number of anilines is 2. The number of carbonyl (C=O) groups excluding carboxylic acids is 1. The van der Waals surface area contributed by atoms with E-state index in [1.165, 1.54) is 5.56 Å². The Morgan fingerprint density at radius 2 is 2.13 bits per heavy atom. The molecule has 0 saturated heterocycles. The average Bonchev–Trinajstić information content (AvgIpc) is 3.13. The van der Waals surface area contributed by atoms with Gasteiger partial charge in [-0.15, -0.1) is 0 Å². The summed E-state index contributed by atoms with van der Waals surface area (Å²) in [6.07, 6.45) is 0.981. The van der Waals surface area contributed by atoms with Gasteiger partial charge in [0.1, 0.15) is 11.0 Å². The molecule has 1 aliphatic heterocycles. The van der Waals surface area contributed by atoms with Crippen LogP contribution in [0.2, 0.25) is 0 Å². The van der Waals surface area contributed by atoms with Crippen molar-refractivity contribution in [1.29, 1.82) is 0 Å². The number of hydrogen-bond acceptors (Lipinski definition) is 5. The largest absolute Gasteiger partial charge is 0.359 e. The van der Waals surface area contributed by atoms with Crippen LogP contribution in [0, 0.1) is 0 Å². The van der Waals surface area contributed by atoms with Gasteiger partial charge in [0.05, 0.1) is 24.0 Å². The van der Waals surface area contributed by atoms with E-state index in [-0.39, 0.29) is 5.91 Å². The molecule has 23 heavy (non-hydrogen) atoms. The third kappa shape index (κ3) is 2.55. The van der Waals surface area contributed by atoms with Gasteiger partial charge in [-0.3, -0.25) is 4.79 Å². The number of fused-ring (bicyclic) bond motifs is 2. The first-order chi connectivity index (χ1) is 11.2. The van der Waals surface area contributed by atoms with E-state index in [1.807, 2.05) is 30.3 Å². The quantitative estimate of drug-likeness (QED) is 0.804. The number of hydrogen-bond donors (Lipinski definition) is 1. The predicted molar refractivity (Wildman–Crippen MR) is 93.0 cm³/mol. The van der Waals surface area contributed by atoms with E-state index in [2.05, 4.69) is 38.0 Å². The van der Waals surface area contributed by atoms with Crippen LogP contribution in [0.3, 0.4) is 0 Å². The fourth-order valence-corrected chi connectivity index (χ4v) is 3.67. The summed E-state index contributed by atoms with van der Waals surface area (Å²) in [5, 5.41) is 2.97. The normalized spacial score (nSPS) is 16.6. The molecule has 1 amide bonds. The van der Waals surface area contributed by atoms with Crippen molar-refractivity contribution in [3.8, 4) is 0 Å². The van der Waals surface area contributed by atoms with Gasteiger partial charge in [-0.1, -0.05) is 24.3 Å². The van der Waals surface area contributed by atoms with E-state index < -0.39 is 0 Å². The van der Waals surface area contributed by atoms with Crippen LogP contribution in [0.15, 0.2) is 42.5 Å². The lowest BCUT2D eigenvalue weighted by atomic mass is 10.1. The Bertz CT molecular complexity index is 876. The summed E-state index contributed by atoms with van der Waals surface area (Å²) >= 11 is 1.16. The number of amides is 1. The van der Waals surface area contributed by atoms with Gasteiger partial charge in [0.15, 0.2) is 0 Å². The van der Waals surface area contributed by atoms with Gasteiger partial charge in [-0.05, 0) is 37.1 Å². The molecule has 1 aliphatic rings. The van der Waals surface area contributed by atoms with Crippen LogP contribution in [0.25, 0.3) is 11.0 Å². The van der Waals surface area contributed by atoms with Crippen molar-refractivity contribution in [2.75, 3.05) is 16.8 Å². The highest BCUT2D eigenvalue weighted by molar-refractivity contribution is 7.00. The van der Waals surface area contributed by atoms with Gasteiger partial charge in [-0.2, -0.15) is 8.75 Å². The zero-order chi connectivity index (χ0) is 15.8. The summed E-state index contributed by atoms with van der Waals surface area (Å²) in [7, 11) is 0. The van der Waals surface area contributed by atoms with E-state index in [1.54, 1.807) is 0 Å². The first kappa shape index (κ1) is 14.1. The molecule has 0 aliphatic carbocycles. The molecule has 2 heterocycles. The van der Waals surface area contributed by atoms with Crippen LogP contribution in [0.4, 0.5) is 11.4 Å². The highest BCUT2D eigenvalue weighted by Crippen LogP contribution is 2.31. The summed E-state index contributed by atoms with van der Waals surface area (Å²) in [4.78, 5) is 14.6. The predicted octanol–water partition coefficient (Wildman–Crippen LogP) is 3.08. The molecular weight excluding hydrogens is 308 g/mol. The topological polar surface area (TPSA) is 58.1 Å². The van der Waals surface area contributed by atoms with E-state index in [0.29, 0.717) is 12.6 Å². The highest BCUT2D eigenvalue weighted by atomic mass is 32.1. The highest BCUT2D eigenvalue weighted by Gasteiger charge is 2.27. The fraction of sp³-hybridized carbons (Fsp3) is 0.235. The molecule has 1 aromatic heterocycles. The number of nitrogens with one attached hydrogen (secondary N) is 1. The molecule has 5 nitrogen and oxygen atoms in total. The molecule has 4 rings (SSSR count). The zero-order valence-corrected chi connectivity index (χ0v) is 13.5. The van der Waals surface area contributed by atoms with Gasteiger partial charge >= 0.3 is 0 Å². The monoisotopic (exact) mass is 324 g/mol. The molecule has 1 atom stereocenters. The minimum absolute atomic E-state index is 0.0333. The molecule has 0 bridgehead atoms. The van der Waals surface area contributed by atoms with Gasteiger partial charge in [-0.25, -0.2) is 0 Å². The lowest BCUT2D eigenvalue weighted by molar-refractivity contribution is -0.115. The van der Waals surface area contributed by atoms with E-state index in [9.17, 15) is 4.79 Å². The third-order valence-electron chi connectivity index (χ3n) is 4.22. The summed E-state index contributed by atoms with van der Waals surface area (Å²) < 4.78 is 8.46. The second-order valence-corrected chi connectivity index (χ2v) is 6.32. The molecular formula is C17H16N4OS. The van der Waals surface area contributed by atoms with Crippen LogP contribution in [0.5, 0.6) is 0 Å². The molecule has 1 N–H and O–H groups in total. The Labute approximate surface area is 138 Å². The van der Waals surface area contributed by atoms with Crippen LogP contribution < -0.4 is 10.2 Å². The van der Waals surface area contributed by atoms with Crippen LogP contribution >= 0.6 is 11.7 Å². The molecule has 6 heteroatoms. The Hall–Kier alpha value is -2.47. The average molecular weight is 324 g/mol. The van der Waals surface area contributed by atoms with Gasteiger partial charge in [0, 0.05) is 11.7 Å². The Balaban J connectivity index is 1.54. The Morgan fingerprint density at radius 3 is 3.04 bits per heavy atom. The second kappa shape index (κ2) is 5.62. The number of benzene rings is 2. The molecule has 0 fully saturated rings. The number of rotatable bonds is 3. The molecule has 0 saturated carbocycles. The van der Waals surface area contributed by atoms with Crippen molar-refractivity contribution in [3.05, 3.63) is 48.0 Å². The van der Waals surface area contributed by atoms with Gasteiger partial charge in [0.25, 0.3) is 0 Å². The molecule has 3 aromatic rings. The maximum absolute atomic E-state index is 12.5. The van der Waals surface area contributed by atoms with Crippen molar-refractivity contribution < 1.29 is 4.79 Å². The Morgan fingerprint density at radius 1 is 1.26 bits per heavy atom. The lowest BCUT2D eigenvalue weighted by Crippen LogP contribution is -2.37. The van der Waals surface area contributed by atoms with Crippen molar-refractivity contribution in [2.24, 2.45) is 0 Å². The molecule has 2 aromatic carbocycles. The molecule has 116 valence electrons. The van der Waals surface area contributed by atoms with E-state index in [4.69, 9.17) is 0 Å². The summed E-state index contributed by atoms with van der Waals surface area (Å²) in [6, 6.07) is 14.2. The molecule has 1 unspecified atom stereocenters. The maximum Gasteiger partial charge on any atom is 0.243 e. The fourth-order valence-electron chi connectivity index (χ4n) is 3.12. The summed E-state index contributed by atoms with van der Waals surface area (Å²) in [5.41, 5.74) is 4.75. The minimum Gasteiger partial charge on any atom is -0.359 e. The van der Waals surface area contributed by atoms with Crippen LogP contribution in [0.1, 0.15) is 12.5 Å². The van der Waals surface area contributed by atoms with Crippen molar-refractivity contribution >= 4 is 40.0 Å². The number of carbonyl (C=O) groups is 1. The van der Waals surface area contributed by atoms with Crippen LogP contribution in [-0.2, 0) is 11.2 Å². The third-order valence-corrected chi connectivity index (χ3v) is 4.77. The van der Waals surface area contributed by atoms with Gasteiger partial charge < -0.3 is 10.2 Å². The lowest BCUT2D eigenvalue weighted by Gasteiger charge is -2.24. The maximum atomic E-state index is 12.5. The second-order valence-electron chi connectivity index (χ2n) is 5.80. The van der Waals surface area contributed by atoms with Gasteiger partial charge in [0.2, 0.25) is 5.91 Å². The first-order valence-electron chi connectivity index (χ1n) is 7.58. The SMILES string of the molecule is CC1Cc2ccccc2N1CC(=O)Nc1cccc2nsnc12. The first-order valence-corrected chi connectivity index (χ1v) is 8.31. The van der Waals surface area contributed by atoms with E-state index in [0.717, 1.165) is 40.6 Å². The van der Waals surface area contributed by atoms with Crippen LogP contribution in [-0.4, -0.2) is 27.2 Å². The van der Waals surface area contributed by atoms with Crippen molar-refractivity contribution in [2.45, 2.75) is 19.4 Å². The molecule has 0 spiro atoms. The summed E-state index contributed by atoms with van der Waals surface area (Å²) in [6.45, 7) is 2.49. The van der Waals surface area contributed by atoms with Crippen molar-refractivity contribution in [1.82, 2.24) is 8.75 Å². The molecule has 0 radical (unpaired) electrons. The van der Waals surface area contributed by atoms with Crippen molar-refractivity contribution in [3.63, 3.8) is 0 Å². The van der Waals surface area contributed by atoms with E-state index >= 15 is 0 Å². The summed E-state index contributed by atoms with van der Waals surface area (Å²) in [5.74, 6) is -0.0333. The Kier molecular flexibility index (Phi) is 3.46.